The number of rotatable bonds is 5. The number of phenolic OH excluding ortho intramolecular Hbond substituents is 1. The number of aromatic hydroxyl groups is 1. The highest BCUT2D eigenvalue weighted by molar-refractivity contribution is 9.09. The van der Waals surface area contributed by atoms with Crippen LogP contribution in [0.4, 0.5) is 0 Å². The lowest BCUT2D eigenvalue weighted by atomic mass is 9.75. The Hall–Kier alpha value is -1.28. The van der Waals surface area contributed by atoms with Gasteiger partial charge in [0, 0.05) is 10.7 Å². The standard InChI is InChI=1S/C17H19BrO/c1-2-17(13-18,15-6-4-3-5-7-15)12-14-8-10-16(19)11-9-14/h3-11,19H,2,12-13H2,1H3. The van der Waals surface area contributed by atoms with Gasteiger partial charge in [-0.1, -0.05) is 65.3 Å². The first-order valence-electron chi connectivity index (χ1n) is 6.59. The fourth-order valence-corrected chi connectivity index (χ4v) is 3.36. The van der Waals surface area contributed by atoms with Gasteiger partial charge in [0.15, 0.2) is 0 Å². The summed E-state index contributed by atoms with van der Waals surface area (Å²) in [7, 11) is 0. The second-order valence-electron chi connectivity index (χ2n) is 4.98. The molecule has 19 heavy (non-hydrogen) atoms. The molecule has 1 atom stereocenters. The molecule has 0 heterocycles. The Bertz CT molecular complexity index is 501. The van der Waals surface area contributed by atoms with Crippen molar-refractivity contribution in [1.29, 1.82) is 0 Å². The minimum Gasteiger partial charge on any atom is -0.508 e. The van der Waals surface area contributed by atoms with Crippen molar-refractivity contribution < 1.29 is 5.11 Å². The first-order chi connectivity index (χ1) is 9.20. The molecule has 2 heteroatoms. The summed E-state index contributed by atoms with van der Waals surface area (Å²) in [6.07, 6.45) is 2.04. The summed E-state index contributed by atoms with van der Waals surface area (Å²) in [5, 5.41) is 10.3. The van der Waals surface area contributed by atoms with Crippen molar-refractivity contribution >= 4 is 15.9 Å². The van der Waals surface area contributed by atoms with E-state index in [9.17, 15) is 5.11 Å². The van der Waals surface area contributed by atoms with E-state index in [1.165, 1.54) is 11.1 Å². The number of alkyl halides is 1. The first-order valence-corrected chi connectivity index (χ1v) is 7.72. The molecule has 0 saturated heterocycles. The minimum absolute atomic E-state index is 0.109. The maximum atomic E-state index is 9.38. The van der Waals surface area contributed by atoms with Gasteiger partial charge >= 0.3 is 0 Å². The van der Waals surface area contributed by atoms with Gasteiger partial charge in [0.05, 0.1) is 0 Å². The average Bonchev–Trinajstić information content (AvgIpc) is 2.48. The third-order valence-electron chi connectivity index (χ3n) is 3.80. The summed E-state index contributed by atoms with van der Waals surface area (Å²) in [5.41, 5.74) is 2.73. The molecule has 0 aliphatic carbocycles. The Balaban J connectivity index is 2.32. The summed E-state index contributed by atoms with van der Waals surface area (Å²) in [6, 6.07) is 18.2. The second kappa shape index (κ2) is 6.25. The molecule has 0 radical (unpaired) electrons. The fraction of sp³-hybridized carbons (Fsp3) is 0.294. The van der Waals surface area contributed by atoms with Crippen molar-refractivity contribution in [3.05, 3.63) is 65.7 Å². The number of halogens is 1. The molecule has 2 rings (SSSR count). The molecular weight excluding hydrogens is 300 g/mol. The van der Waals surface area contributed by atoms with Crippen molar-refractivity contribution in [1.82, 2.24) is 0 Å². The first kappa shape index (κ1) is 14.1. The molecule has 100 valence electrons. The Morgan fingerprint density at radius 3 is 2.16 bits per heavy atom. The molecule has 1 N–H and O–H groups in total. The van der Waals surface area contributed by atoms with Crippen molar-refractivity contribution in [3.8, 4) is 5.75 Å². The van der Waals surface area contributed by atoms with Crippen LogP contribution >= 0.6 is 15.9 Å². The van der Waals surface area contributed by atoms with Crippen LogP contribution in [0.1, 0.15) is 24.5 Å². The monoisotopic (exact) mass is 318 g/mol. The summed E-state index contributed by atoms with van der Waals surface area (Å²) in [4.78, 5) is 0. The summed E-state index contributed by atoms with van der Waals surface area (Å²) in [6.45, 7) is 2.23. The van der Waals surface area contributed by atoms with Crippen LogP contribution in [0.25, 0.3) is 0 Å². The van der Waals surface area contributed by atoms with Crippen molar-refractivity contribution in [2.24, 2.45) is 0 Å². The van der Waals surface area contributed by atoms with E-state index in [0.29, 0.717) is 5.75 Å². The van der Waals surface area contributed by atoms with Crippen LogP contribution in [0.5, 0.6) is 5.75 Å². The van der Waals surface area contributed by atoms with E-state index < -0.39 is 0 Å². The normalized spacial score (nSPS) is 14.0. The highest BCUT2D eigenvalue weighted by atomic mass is 79.9. The van der Waals surface area contributed by atoms with E-state index in [0.717, 1.165) is 18.2 Å². The predicted molar refractivity (Wildman–Crippen MR) is 84.0 cm³/mol. The lowest BCUT2D eigenvalue weighted by Gasteiger charge is -2.32. The molecule has 1 unspecified atom stereocenters. The topological polar surface area (TPSA) is 20.2 Å². The lowest BCUT2D eigenvalue weighted by Crippen LogP contribution is -2.30. The average molecular weight is 319 g/mol. The Morgan fingerprint density at radius 2 is 1.63 bits per heavy atom. The maximum absolute atomic E-state index is 9.38. The van der Waals surface area contributed by atoms with Gasteiger partial charge in [0.25, 0.3) is 0 Å². The Morgan fingerprint density at radius 1 is 1.00 bits per heavy atom. The van der Waals surface area contributed by atoms with Gasteiger partial charge in [-0.15, -0.1) is 0 Å². The zero-order chi connectivity index (χ0) is 13.7. The van der Waals surface area contributed by atoms with Crippen LogP contribution in [0.2, 0.25) is 0 Å². The zero-order valence-electron chi connectivity index (χ0n) is 11.1. The van der Waals surface area contributed by atoms with Gasteiger partial charge in [0.2, 0.25) is 0 Å². The van der Waals surface area contributed by atoms with Gasteiger partial charge in [-0.3, -0.25) is 0 Å². The van der Waals surface area contributed by atoms with E-state index in [1.807, 2.05) is 12.1 Å². The molecule has 0 fully saturated rings. The summed E-state index contributed by atoms with van der Waals surface area (Å²) >= 11 is 3.69. The maximum Gasteiger partial charge on any atom is 0.115 e. The molecule has 2 aromatic carbocycles. The van der Waals surface area contributed by atoms with Crippen LogP contribution in [-0.4, -0.2) is 10.4 Å². The molecular formula is C17H19BrO. The zero-order valence-corrected chi connectivity index (χ0v) is 12.7. The van der Waals surface area contributed by atoms with Crippen LogP contribution in [0.15, 0.2) is 54.6 Å². The van der Waals surface area contributed by atoms with E-state index in [2.05, 4.69) is 53.2 Å². The third kappa shape index (κ3) is 3.19. The molecule has 0 amide bonds. The molecule has 0 aliphatic heterocycles. The van der Waals surface area contributed by atoms with Gasteiger partial charge in [-0.25, -0.2) is 0 Å². The van der Waals surface area contributed by atoms with E-state index in [4.69, 9.17) is 0 Å². The minimum atomic E-state index is 0.109. The number of hydrogen-bond acceptors (Lipinski definition) is 1. The van der Waals surface area contributed by atoms with Gasteiger partial charge in [-0.05, 0) is 36.1 Å². The molecule has 0 aliphatic rings. The molecule has 0 saturated carbocycles. The van der Waals surface area contributed by atoms with Crippen LogP contribution in [0, 0.1) is 0 Å². The molecule has 0 spiro atoms. The highest BCUT2D eigenvalue weighted by Crippen LogP contribution is 2.34. The van der Waals surface area contributed by atoms with E-state index in [-0.39, 0.29) is 5.41 Å². The van der Waals surface area contributed by atoms with Gasteiger partial charge in [-0.2, -0.15) is 0 Å². The molecule has 0 bridgehead atoms. The number of hydrogen-bond donors (Lipinski definition) is 1. The van der Waals surface area contributed by atoms with E-state index in [1.54, 1.807) is 12.1 Å². The van der Waals surface area contributed by atoms with Gasteiger partial charge < -0.3 is 5.11 Å². The summed E-state index contributed by atoms with van der Waals surface area (Å²) in [5.74, 6) is 0.324. The number of phenols is 1. The number of benzene rings is 2. The van der Waals surface area contributed by atoms with Crippen molar-refractivity contribution in [2.45, 2.75) is 25.2 Å². The highest BCUT2D eigenvalue weighted by Gasteiger charge is 2.29. The molecule has 2 aromatic rings. The Kier molecular flexibility index (Phi) is 4.65. The summed E-state index contributed by atoms with van der Waals surface area (Å²) < 4.78 is 0. The van der Waals surface area contributed by atoms with Crippen LogP contribution in [0.3, 0.4) is 0 Å². The Labute approximate surface area is 123 Å². The largest absolute Gasteiger partial charge is 0.508 e. The van der Waals surface area contributed by atoms with Crippen LogP contribution in [-0.2, 0) is 11.8 Å². The molecule has 1 nitrogen and oxygen atoms in total. The second-order valence-corrected chi connectivity index (χ2v) is 5.54. The quantitative estimate of drug-likeness (QED) is 0.794. The third-order valence-corrected chi connectivity index (χ3v) is 4.87. The van der Waals surface area contributed by atoms with Crippen molar-refractivity contribution in [2.75, 3.05) is 5.33 Å². The predicted octanol–water partition coefficient (Wildman–Crippen LogP) is 4.68. The van der Waals surface area contributed by atoms with Crippen LogP contribution < -0.4 is 0 Å². The van der Waals surface area contributed by atoms with Gasteiger partial charge in [0.1, 0.15) is 5.75 Å². The molecule has 0 aromatic heterocycles. The fourth-order valence-electron chi connectivity index (χ4n) is 2.45. The smallest absolute Gasteiger partial charge is 0.115 e. The van der Waals surface area contributed by atoms with Crippen molar-refractivity contribution in [3.63, 3.8) is 0 Å². The lowest BCUT2D eigenvalue weighted by molar-refractivity contribution is 0.460. The SMILES string of the molecule is CCC(CBr)(Cc1ccc(O)cc1)c1ccccc1. The van der Waals surface area contributed by atoms with E-state index >= 15 is 0 Å².